The van der Waals surface area contributed by atoms with Crippen molar-refractivity contribution >= 4 is 17.7 Å². The number of urea groups is 1. The predicted molar refractivity (Wildman–Crippen MR) is 136 cm³/mol. The number of ether oxygens (including phenoxy) is 1. The van der Waals surface area contributed by atoms with Crippen LogP contribution in [-0.4, -0.2) is 41.6 Å². The first-order valence-corrected chi connectivity index (χ1v) is 12.2. The zero-order valence-corrected chi connectivity index (χ0v) is 20.5. The maximum Gasteiger partial charge on any atom is 0.315 e. The van der Waals surface area contributed by atoms with Crippen molar-refractivity contribution in [3.8, 4) is 17.0 Å². The summed E-state index contributed by atoms with van der Waals surface area (Å²) in [5.74, 6) is 0.131. The molecule has 1 aromatic heterocycles. The number of esters is 1. The molecule has 2 aromatic carbocycles. The first kappa shape index (κ1) is 24.3. The zero-order valence-electron chi connectivity index (χ0n) is 20.5. The molecule has 2 amide bonds. The molecule has 35 heavy (non-hydrogen) atoms. The van der Waals surface area contributed by atoms with Gasteiger partial charge in [0.25, 0.3) is 0 Å². The quantitative estimate of drug-likeness (QED) is 0.314. The van der Waals surface area contributed by atoms with Gasteiger partial charge in [-0.15, -0.1) is 0 Å². The minimum absolute atomic E-state index is 0.0204. The molecular formula is C27H33N5O3. The van der Waals surface area contributed by atoms with Gasteiger partial charge in [0.2, 0.25) is 0 Å². The molecule has 2 atom stereocenters. The molecule has 3 N–H and O–H groups in total. The predicted octanol–water partition coefficient (Wildman–Crippen LogP) is 4.45. The molecule has 0 spiro atoms. The van der Waals surface area contributed by atoms with Crippen LogP contribution in [0.5, 0.6) is 5.75 Å². The lowest BCUT2D eigenvalue weighted by Gasteiger charge is -2.31. The molecule has 3 aromatic rings. The third-order valence-electron chi connectivity index (χ3n) is 6.66. The van der Waals surface area contributed by atoms with Crippen LogP contribution in [0.15, 0.2) is 55.0 Å². The van der Waals surface area contributed by atoms with E-state index in [-0.39, 0.29) is 23.8 Å². The van der Waals surface area contributed by atoms with Gasteiger partial charge in [0.05, 0.1) is 24.1 Å². The maximum absolute atomic E-state index is 12.7. The van der Waals surface area contributed by atoms with Crippen LogP contribution in [0.25, 0.3) is 11.3 Å². The fourth-order valence-electron chi connectivity index (χ4n) is 4.59. The van der Waals surface area contributed by atoms with Crippen LogP contribution in [0.3, 0.4) is 0 Å². The summed E-state index contributed by atoms with van der Waals surface area (Å²) in [7, 11) is 0. The van der Waals surface area contributed by atoms with E-state index in [1.165, 1.54) is 0 Å². The molecule has 0 saturated carbocycles. The lowest BCUT2D eigenvalue weighted by molar-refractivity contribution is -0.141. The van der Waals surface area contributed by atoms with Crippen molar-refractivity contribution in [3.05, 3.63) is 66.1 Å². The summed E-state index contributed by atoms with van der Waals surface area (Å²) in [6.45, 7) is 8.84. The van der Waals surface area contributed by atoms with Gasteiger partial charge in [0, 0.05) is 37.9 Å². The van der Waals surface area contributed by atoms with Gasteiger partial charge < -0.3 is 25.3 Å². The van der Waals surface area contributed by atoms with Gasteiger partial charge in [0.1, 0.15) is 5.75 Å². The standard InChI is InChI=1S/C27H33N5O3/c1-4-32(5-2)21-9-10-22-18(3)23(26(33)35-25(22)14-21)11-12-29-27(34)30-15-19-7-6-8-20(13-19)24-16-28-17-31-24/h6-10,13-14,16-18,23H,4-5,11-12,15H2,1-3H3,(H,28,31)(H2,29,30,34). The molecule has 4 rings (SSSR count). The van der Waals surface area contributed by atoms with Crippen molar-refractivity contribution in [3.63, 3.8) is 0 Å². The Morgan fingerprint density at radius 1 is 1.14 bits per heavy atom. The summed E-state index contributed by atoms with van der Waals surface area (Å²) in [4.78, 5) is 34.4. The molecule has 0 fully saturated rings. The molecule has 184 valence electrons. The monoisotopic (exact) mass is 475 g/mol. The van der Waals surface area contributed by atoms with E-state index in [0.29, 0.717) is 25.3 Å². The molecular weight excluding hydrogens is 442 g/mol. The van der Waals surface area contributed by atoms with Crippen molar-refractivity contribution in [1.29, 1.82) is 0 Å². The highest BCUT2D eigenvalue weighted by molar-refractivity contribution is 5.80. The highest BCUT2D eigenvalue weighted by Gasteiger charge is 2.35. The van der Waals surface area contributed by atoms with Gasteiger partial charge in [0.15, 0.2) is 0 Å². The first-order valence-electron chi connectivity index (χ1n) is 12.2. The molecule has 1 aliphatic heterocycles. The van der Waals surface area contributed by atoms with Crippen molar-refractivity contribution in [2.75, 3.05) is 24.5 Å². The van der Waals surface area contributed by atoms with Crippen molar-refractivity contribution < 1.29 is 14.3 Å². The number of carbonyl (C=O) groups excluding carboxylic acids is 2. The van der Waals surface area contributed by atoms with E-state index in [9.17, 15) is 9.59 Å². The molecule has 0 aliphatic carbocycles. The Hall–Kier alpha value is -3.81. The fourth-order valence-corrected chi connectivity index (χ4v) is 4.59. The summed E-state index contributed by atoms with van der Waals surface area (Å²) in [5, 5.41) is 5.74. The Morgan fingerprint density at radius 3 is 2.71 bits per heavy atom. The van der Waals surface area contributed by atoms with Gasteiger partial charge in [-0.2, -0.15) is 0 Å². The number of nitrogens with zero attached hydrogens (tertiary/aromatic N) is 2. The zero-order chi connectivity index (χ0) is 24.8. The van der Waals surface area contributed by atoms with Gasteiger partial charge in [-0.1, -0.05) is 31.2 Å². The van der Waals surface area contributed by atoms with Crippen LogP contribution in [0.2, 0.25) is 0 Å². The highest BCUT2D eigenvalue weighted by Crippen LogP contribution is 2.40. The Morgan fingerprint density at radius 2 is 1.97 bits per heavy atom. The summed E-state index contributed by atoms with van der Waals surface area (Å²) in [5.41, 5.74) is 5.01. The fraction of sp³-hybridized carbons (Fsp3) is 0.370. The van der Waals surface area contributed by atoms with E-state index in [0.717, 1.165) is 41.2 Å². The number of benzene rings is 2. The SMILES string of the molecule is CCN(CC)c1ccc2c(c1)OC(=O)C(CCNC(=O)NCc1cccc(-c3cnc[nH]3)c1)C2C. The van der Waals surface area contributed by atoms with Gasteiger partial charge in [-0.3, -0.25) is 4.79 Å². The Balaban J connectivity index is 1.28. The molecule has 0 radical (unpaired) electrons. The van der Waals surface area contributed by atoms with Crippen LogP contribution in [-0.2, 0) is 11.3 Å². The number of anilines is 1. The lowest BCUT2D eigenvalue weighted by atomic mass is 9.83. The number of hydrogen-bond donors (Lipinski definition) is 3. The van der Waals surface area contributed by atoms with Crippen LogP contribution < -0.4 is 20.3 Å². The van der Waals surface area contributed by atoms with Crippen LogP contribution in [0.4, 0.5) is 10.5 Å². The average Bonchev–Trinajstić information content (AvgIpc) is 3.41. The number of H-pyrrole nitrogens is 1. The Bertz CT molecular complexity index is 1160. The van der Waals surface area contributed by atoms with E-state index in [1.807, 2.05) is 37.3 Å². The maximum atomic E-state index is 12.7. The number of nitrogens with one attached hydrogen (secondary N) is 3. The Kier molecular flexibility index (Phi) is 7.70. The van der Waals surface area contributed by atoms with Gasteiger partial charge in [-0.25, -0.2) is 9.78 Å². The molecule has 1 aliphatic rings. The van der Waals surface area contributed by atoms with Crippen molar-refractivity contribution in [2.24, 2.45) is 5.92 Å². The molecule has 0 saturated heterocycles. The second kappa shape index (κ2) is 11.1. The number of carbonyl (C=O) groups is 2. The van der Waals surface area contributed by atoms with E-state index in [2.05, 4.69) is 51.5 Å². The second-order valence-corrected chi connectivity index (χ2v) is 8.77. The molecule has 8 nitrogen and oxygen atoms in total. The largest absolute Gasteiger partial charge is 0.426 e. The normalized spacial score (nSPS) is 16.8. The molecule has 2 unspecified atom stereocenters. The second-order valence-electron chi connectivity index (χ2n) is 8.77. The molecule has 0 bridgehead atoms. The van der Waals surface area contributed by atoms with Gasteiger partial charge >= 0.3 is 12.0 Å². The van der Waals surface area contributed by atoms with Crippen molar-refractivity contribution in [2.45, 2.75) is 39.7 Å². The minimum atomic E-state index is -0.298. The topological polar surface area (TPSA) is 99.3 Å². The summed E-state index contributed by atoms with van der Waals surface area (Å²) < 4.78 is 5.70. The van der Waals surface area contributed by atoms with E-state index >= 15 is 0 Å². The van der Waals surface area contributed by atoms with Crippen LogP contribution >= 0.6 is 0 Å². The summed E-state index contributed by atoms with van der Waals surface area (Å²) >= 11 is 0. The van der Waals surface area contributed by atoms with Crippen molar-refractivity contribution in [1.82, 2.24) is 20.6 Å². The number of amides is 2. The van der Waals surface area contributed by atoms with E-state index in [4.69, 9.17) is 4.74 Å². The summed E-state index contributed by atoms with van der Waals surface area (Å²) in [6.07, 6.45) is 3.91. The van der Waals surface area contributed by atoms with E-state index < -0.39 is 0 Å². The van der Waals surface area contributed by atoms with Crippen LogP contribution in [0, 0.1) is 5.92 Å². The van der Waals surface area contributed by atoms with Gasteiger partial charge in [-0.05, 0) is 55.0 Å². The third kappa shape index (κ3) is 5.65. The highest BCUT2D eigenvalue weighted by atomic mass is 16.5. The molecule has 2 heterocycles. The third-order valence-corrected chi connectivity index (χ3v) is 6.66. The first-order chi connectivity index (χ1) is 17.0. The van der Waals surface area contributed by atoms with Crippen LogP contribution in [0.1, 0.15) is 44.2 Å². The number of hydrogen-bond acceptors (Lipinski definition) is 5. The Labute approximate surface area is 206 Å². The number of aromatic nitrogens is 2. The number of imidazole rings is 1. The number of aromatic amines is 1. The average molecular weight is 476 g/mol. The summed E-state index contributed by atoms with van der Waals surface area (Å²) in [6, 6.07) is 13.8. The number of rotatable bonds is 9. The molecule has 8 heteroatoms. The smallest absolute Gasteiger partial charge is 0.315 e. The van der Waals surface area contributed by atoms with E-state index in [1.54, 1.807) is 12.5 Å². The lowest BCUT2D eigenvalue weighted by Crippen LogP contribution is -2.38. The number of fused-ring (bicyclic) bond motifs is 1. The minimum Gasteiger partial charge on any atom is -0.426 e.